The van der Waals surface area contributed by atoms with Crippen LogP contribution in [0.3, 0.4) is 0 Å². The normalized spacial score (nSPS) is 12.3. The van der Waals surface area contributed by atoms with Gasteiger partial charge in [0.1, 0.15) is 11.6 Å². The lowest BCUT2D eigenvalue weighted by atomic mass is 10.3. The van der Waals surface area contributed by atoms with Crippen LogP contribution < -0.4 is 10.6 Å². The quantitative estimate of drug-likeness (QED) is 0.838. The number of anilines is 2. The third-order valence-electron chi connectivity index (χ3n) is 2.23. The van der Waals surface area contributed by atoms with Gasteiger partial charge in [-0.2, -0.15) is 0 Å². The minimum atomic E-state index is 0.0890. The Hall–Kier alpha value is -0.710. The second kappa shape index (κ2) is 6.89. The average molecular weight is 278 g/mol. The maximum Gasteiger partial charge on any atom is 0.147 e. The van der Waals surface area contributed by atoms with Gasteiger partial charge in [0.2, 0.25) is 0 Å². The molecule has 0 bridgehead atoms. The predicted octanol–water partition coefficient (Wildman–Crippen LogP) is 3.27. The predicted molar refractivity (Wildman–Crippen MR) is 73.4 cm³/mol. The van der Waals surface area contributed by atoms with Crippen LogP contribution in [0.5, 0.6) is 0 Å². The van der Waals surface area contributed by atoms with Crippen LogP contribution in [0.2, 0.25) is 10.0 Å². The molecule has 0 aliphatic heterocycles. The summed E-state index contributed by atoms with van der Waals surface area (Å²) in [6.07, 6.45) is 0.0890. The molecule has 0 aliphatic rings. The highest BCUT2D eigenvalue weighted by Crippen LogP contribution is 2.29. The summed E-state index contributed by atoms with van der Waals surface area (Å²) in [6.45, 7) is 5.33. The number of methoxy groups -OCH3 is 1. The van der Waals surface area contributed by atoms with Crippen LogP contribution in [0, 0.1) is 0 Å². The topological polar surface area (TPSA) is 46.2 Å². The zero-order chi connectivity index (χ0) is 12.8. The lowest BCUT2D eigenvalue weighted by Gasteiger charge is -2.14. The molecule has 1 rings (SSSR count). The molecule has 0 aliphatic carbocycles. The maximum atomic E-state index is 6.05. The van der Waals surface area contributed by atoms with Crippen LogP contribution in [0.15, 0.2) is 6.07 Å². The number of hydrogen-bond acceptors (Lipinski definition) is 4. The Morgan fingerprint density at radius 2 is 1.88 bits per heavy atom. The number of hydrogen-bond donors (Lipinski definition) is 2. The zero-order valence-electron chi connectivity index (χ0n) is 10.2. The van der Waals surface area contributed by atoms with E-state index in [1.54, 1.807) is 13.2 Å². The molecule has 0 fully saturated rings. The summed E-state index contributed by atoms with van der Waals surface area (Å²) in [5, 5.41) is 7.21. The van der Waals surface area contributed by atoms with Gasteiger partial charge in [-0.1, -0.05) is 23.2 Å². The highest BCUT2D eigenvalue weighted by atomic mass is 35.5. The Bertz CT molecular complexity index is 374. The first-order valence-electron chi connectivity index (χ1n) is 5.45. The Kier molecular flexibility index (Phi) is 5.82. The second-order valence-corrected chi connectivity index (χ2v) is 4.42. The van der Waals surface area contributed by atoms with E-state index in [9.17, 15) is 0 Å². The molecule has 0 saturated carbocycles. The number of nitrogens with one attached hydrogen (secondary N) is 2. The Morgan fingerprint density at radius 1 is 1.29 bits per heavy atom. The molecule has 2 N–H and O–H groups in total. The van der Waals surface area contributed by atoms with Crippen molar-refractivity contribution in [3.8, 4) is 0 Å². The molecule has 0 radical (unpaired) electrons. The number of pyridine rings is 1. The average Bonchev–Trinajstić information content (AvgIpc) is 2.30. The Morgan fingerprint density at radius 3 is 2.41 bits per heavy atom. The van der Waals surface area contributed by atoms with Crippen molar-refractivity contribution in [2.45, 2.75) is 20.0 Å². The minimum absolute atomic E-state index is 0.0890. The summed E-state index contributed by atoms with van der Waals surface area (Å²) in [6, 6.07) is 1.67. The van der Waals surface area contributed by atoms with E-state index in [2.05, 4.69) is 15.6 Å². The Labute approximate surface area is 112 Å². The Balaban J connectivity index is 2.80. The van der Waals surface area contributed by atoms with Gasteiger partial charge in [0, 0.05) is 20.2 Å². The van der Waals surface area contributed by atoms with Crippen LogP contribution in [-0.4, -0.2) is 31.3 Å². The molecule has 1 aromatic rings. The fourth-order valence-corrected chi connectivity index (χ4v) is 1.70. The van der Waals surface area contributed by atoms with E-state index in [-0.39, 0.29) is 6.10 Å². The largest absolute Gasteiger partial charge is 0.380 e. The van der Waals surface area contributed by atoms with Gasteiger partial charge in [-0.3, -0.25) is 0 Å². The number of halogens is 2. The summed E-state index contributed by atoms with van der Waals surface area (Å²) in [5.74, 6) is 1.24. The summed E-state index contributed by atoms with van der Waals surface area (Å²) in [7, 11) is 1.66. The summed E-state index contributed by atoms with van der Waals surface area (Å²) < 4.78 is 5.14. The molecule has 1 unspecified atom stereocenters. The van der Waals surface area contributed by atoms with Gasteiger partial charge in [0.15, 0.2) is 0 Å². The lowest BCUT2D eigenvalue weighted by Crippen LogP contribution is -2.19. The third-order valence-corrected chi connectivity index (χ3v) is 2.81. The highest BCUT2D eigenvalue weighted by molar-refractivity contribution is 6.37. The van der Waals surface area contributed by atoms with E-state index in [1.807, 2.05) is 13.8 Å². The van der Waals surface area contributed by atoms with Gasteiger partial charge >= 0.3 is 0 Å². The van der Waals surface area contributed by atoms with Crippen LogP contribution in [0.25, 0.3) is 0 Å². The summed E-state index contributed by atoms with van der Waals surface area (Å²) in [5.41, 5.74) is 0. The van der Waals surface area contributed by atoms with Gasteiger partial charge in [-0.25, -0.2) is 4.98 Å². The van der Waals surface area contributed by atoms with E-state index in [4.69, 9.17) is 27.9 Å². The molecule has 0 amide bonds. The molecule has 17 heavy (non-hydrogen) atoms. The van der Waals surface area contributed by atoms with E-state index in [0.717, 1.165) is 6.54 Å². The number of rotatable bonds is 6. The molecule has 1 aromatic heterocycles. The minimum Gasteiger partial charge on any atom is -0.380 e. The van der Waals surface area contributed by atoms with E-state index >= 15 is 0 Å². The van der Waals surface area contributed by atoms with Crippen molar-refractivity contribution in [2.24, 2.45) is 0 Å². The van der Waals surface area contributed by atoms with Crippen LogP contribution in [0.4, 0.5) is 11.6 Å². The molecule has 0 aromatic carbocycles. The van der Waals surface area contributed by atoms with Crippen LogP contribution in [-0.2, 0) is 4.74 Å². The number of ether oxygens (including phenoxy) is 1. The van der Waals surface area contributed by atoms with Gasteiger partial charge in [-0.15, -0.1) is 0 Å². The summed E-state index contributed by atoms with van der Waals surface area (Å²) in [4.78, 5) is 4.33. The molecule has 4 nitrogen and oxygen atoms in total. The number of aromatic nitrogens is 1. The molecule has 1 atom stereocenters. The molecule has 1 heterocycles. The SMILES string of the molecule is CCNc1nc(NCC(C)OC)c(Cl)cc1Cl. The molecular formula is C11H17Cl2N3O. The standard InChI is InChI=1S/C11H17Cl2N3O/c1-4-14-10-8(12)5-9(13)11(16-10)15-6-7(2)17-3/h5,7H,4,6H2,1-3H3,(H2,14,15,16). The molecule has 0 saturated heterocycles. The van der Waals surface area contributed by atoms with E-state index < -0.39 is 0 Å². The van der Waals surface area contributed by atoms with Crippen LogP contribution in [0.1, 0.15) is 13.8 Å². The van der Waals surface area contributed by atoms with Gasteiger partial charge in [0.05, 0.1) is 16.1 Å². The van der Waals surface area contributed by atoms with Crippen LogP contribution >= 0.6 is 23.2 Å². The maximum absolute atomic E-state index is 6.05. The highest BCUT2D eigenvalue weighted by Gasteiger charge is 2.09. The fraction of sp³-hybridized carbons (Fsp3) is 0.545. The van der Waals surface area contributed by atoms with Crippen molar-refractivity contribution in [3.05, 3.63) is 16.1 Å². The second-order valence-electron chi connectivity index (χ2n) is 3.61. The summed E-state index contributed by atoms with van der Waals surface area (Å²) >= 11 is 12.1. The number of nitrogens with zero attached hydrogens (tertiary/aromatic N) is 1. The zero-order valence-corrected chi connectivity index (χ0v) is 11.7. The first kappa shape index (κ1) is 14.4. The van der Waals surface area contributed by atoms with Crippen molar-refractivity contribution < 1.29 is 4.74 Å². The first-order valence-corrected chi connectivity index (χ1v) is 6.20. The van der Waals surface area contributed by atoms with Crippen molar-refractivity contribution in [1.82, 2.24) is 4.98 Å². The van der Waals surface area contributed by atoms with Crippen molar-refractivity contribution in [2.75, 3.05) is 30.8 Å². The van der Waals surface area contributed by atoms with Gasteiger partial charge in [-0.05, 0) is 19.9 Å². The van der Waals surface area contributed by atoms with Gasteiger partial charge < -0.3 is 15.4 Å². The van der Waals surface area contributed by atoms with E-state index in [1.165, 1.54) is 0 Å². The third kappa shape index (κ3) is 4.22. The smallest absolute Gasteiger partial charge is 0.147 e. The first-order chi connectivity index (χ1) is 8.08. The van der Waals surface area contributed by atoms with Crippen molar-refractivity contribution >= 4 is 34.8 Å². The van der Waals surface area contributed by atoms with Gasteiger partial charge in [0.25, 0.3) is 0 Å². The van der Waals surface area contributed by atoms with E-state index in [0.29, 0.717) is 28.2 Å². The van der Waals surface area contributed by atoms with Crippen molar-refractivity contribution in [1.29, 1.82) is 0 Å². The molecule has 96 valence electrons. The van der Waals surface area contributed by atoms with Crippen molar-refractivity contribution in [3.63, 3.8) is 0 Å². The lowest BCUT2D eigenvalue weighted by molar-refractivity contribution is 0.128. The molecule has 6 heteroatoms. The molecule has 0 spiro atoms. The fourth-order valence-electron chi connectivity index (χ4n) is 1.21. The molecular weight excluding hydrogens is 261 g/mol. The monoisotopic (exact) mass is 277 g/mol.